The second-order valence-corrected chi connectivity index (χ2v) is 5.82. The summed E-state index contributed by atoms with van der Waals surface area (Å²) in [7, 11) is 1.45. The molecule has 1 rings (SSSR count). The fourth-order valence-electron chi connectivity index (χ4n) is 2.29. The molecule has 0 bridgehead atoms. The minimum Gasteiger partial charge on any atom is -0.469 e. The molecule has 100 valence electrons. The van der Waals surface area contributed by atoms with Gasteiger partial charge in [0, 0.05) is 37.8 Å². The molecule has 0 aliphatic carbocycles. The van der Waals surface area contributed by atoms with Crippen molar-refractivity contribution in [3.63, 3.8) is 0 Å². The highest BCUT2D eigenvalue weighted by Crippen LogP contribution is 2.17. The monoisotopic (exact) mass is 242 g/mol. The maximum absolute atomic E-state index is 11.2. The molecule has 1 fully saturated rings. The van der Waals surface area contributed by atoms with E-state index in [1.807, 2.05) is 0 Å². The third-order valence-electron chi connectivity index (χ3n) is 3.58. The van der Waals surface area contributed by atoms with Crippen molar-refractivity contribution in [1.82, 2.24) is 9.80 Å². The molecule has 4 heteroatoms. The number of hydrogen-bond donors (Lipinski definition) is 0. The maximum atomic E-state index is 11.2. The minimum absolute atomic E-state index is 0.115. The third-order valence-corrected chi connectivity index (χ3v) is 3.58. The summed E-state index contributed by atoms with van der Waals surface area (Å²) in [5, 5.41) is 0. The van der Waals surface area contributed by atoms with E-state index >= 15 is 0 Å². The molecule has 4 nitrogen and oxygen atoms in total. The Labute approximate surface area is 105 Å². The van der Waals surface area contributed by atoms with Gasteiger partial charge in [0.25, 0.3) is 0 Å². The second kappa shape index (κ2) is 5.83. The van der Waals surface area contributed by atoms with Crippen molar-refractivity contribution < 1.29 is 9.53 Å². The molecule has 1 saturated heterocycles. The van der Waals surface area contributed by atoms with Crippen LogP contribution in [-0.4, -0.2) is 60.6 Å². The van der Waals surface area contributed by atoms with Crippen LogP contribution in [0, 0.1) is 0 Å². The van der Waals surface area contributed by atoms with Gasteiger partial charge < -0.3 is 4.74 Å². The fraction of sp³-hybridized carbons (Fsp3) is 0.923. The molecular formula is C13H26N2O2. The fourth-order valence-corrected chi connectivity index (χ4v) is 2.29. The van der Waals surface area contributed by atoms with Crippen LogP contribution < -0.4 is 0 Å². The van der Waals surface area contributed by atoms with Crippen molar-refractivity contribution in [3.05, 3.63) is 0 Å². The van der Waals surface area contributed by atoms with Gasteiger partial charge in [-0.3, -0.25) is 14.6 Å². The Morgan fingerprint density at radius 2 is 1.76 bits per heavy atom. The molecule has 1 unspecified atom stereocenters. The van der Waals surface area contributed by atoms with Gasteiger partial charge in [0.1, 0.15) is 0 Å². The van der Waals surface area contributed by atoms with Crippen LogP contribution >= 0.6 is 0 Å². The highest BCUT2D eigenvalue weighted by Gasteiger charge is 2.28. The number of ether oxygens (including phenoxy) is 1. The third kappa shape index (κ3) is 4.28. The Kier molecular flexibility index (Phi) is 4.95. The quantitative estimate of drug-likeness (QED) is 0.700. The maximum Gasteiger partial charge on any atom is 0.307 e. The summed E-state index contributed by atoms with van der Waals surface area (Å²) in [5.74, 6) is -0.115. The number of methoxy groups -OCH3 is 1. The van der Waals surface area contributed by atoms with Crippen LogP contribution in [0.4, 0.5) is 0 Å². The Morgan fingerprint density at radius 1 is 1.24 bits per heavy atom. The number of carbonyl (C=O) groups is 1. The van der Waals surface area contributed by atoms with Crippen LogP contribution in [0.5, 0.6) is 0 Å². The van der Waals surface area contributed by atoms with Crippen molar-refractivity contribution in [1.29, 1.82) is 0 Å². The van der Waals surface area contributed by atoms with Crippen molar-refractivity contribution in [2.24, 2.45) is 0 Å². The summed E-state index contributed by atoms with van der Waals surface area (Å²) in [4.78, 5) is 16.1. The molecule has 0 saturated carbocycles. The van der Waals surface area contributed by atoms with E-state index in [-0.39, 0.29) is 17.6 Å². The van der Waals surface area contributed by atoms with E-state index in [2.05, 4.69) is 37.5 Å². The molecule has 17 heavy (non-hydrogen) atoms. The van der Waals surface area contributed by atoms with E-state index in [1.165, 1.54) is 7.11 Å². The molecule has 0 aromatic rings. The van der Waals surface area contributed by atoms with Gasteiger partial charge in [0.2, 0.25) is 0 Å². The smallest absolute Gasteiger partial charge is 0.307 e. The van der Waals surface area contributed by atoms with Crippen molar-refractivity contribution >= 4 is 5.97 Å². The topological polar surface area (TPSA) is 32.8 Å². The predicted octanol–water partition coefficient (Wildman–Crippen LogP) is 1.35. The van der Waals surface area contributed by atoms with Gasteiger partial charge in [-0.15, -0.1) is 0 Å². The molecule has 0 radical (unpaired) electrons. The summed E-state index contributed by atoms with van der Waals surface area (Å²) in [6.45, 7) is 13.1. The Bertz CT molecular complexity index is 253. The first-order chi connectivity index (χ1) is 7.84. The minimum atomic E-state index is -0.115. The Hall–Kier alpha value is -0.610. The molecule has 1 heterocycles. The summed E-state index contributed by atoms with van der Waals surface area (Å²) in [5.41, 5.74) is 0.248. The number of piperazine rings is 1. The largest absolute Gasteiger partial charge is 0.469 e. The van der Waals surface area contributed by atoms with Gasteiger partial charge in [-0.25, -0.2) is 0 Å². The highest BCUT2D eigenvalue weighted by atomic mass is 16.5. The van der Waals surface area contributed by atoms with E-state index in [0.717, 1.165) is 26.2 Å². The van der Waals surface area contributed by atoms with Crippen LogP contribution in [0.15, 0.2) is 0 Å². The second-order valence-electron chi connectivity index (χ2n) is 5.82. The van der Waals surface area contributed by atoms with Gasteiger partial charge in [-0.1, -0.05) is 0 Å². The molecule has 0 amide bonds. The van der Waals surface area contributed by atoms with E-state index < -0.39 is 0 Å². The number of rotatable bonds is 3. The lowest BCUT2D eigenvalue weighted by Crippen LogP contribution is -2.55. The zero-order chi connectivity index (χ0) is 13.1. The summed E-state index contributed by atoms with van der Waals surface area (Å²) < 4.78 is 4.71. The van der Waals surface area contributed by atoms with Gasteiger partial charge in [0.15, 0.2) is 0 Å². The average Bonchev–Trinajstić information content (AvgIpc) is 2.27. The molecule has 0 aromatic carbocycles. The van der Waals surface area contributed by atoms with Crippen molar-refractivity contribution in [3.8, 4) is 0 Å². The van der Waals surface area contributed by atoms with Gasteiger partial charge in [-0.05, 0) is 27.7 Å². The summed E-state index contributed by atoms with van der Waals surface area (Å²) >= 11 is 0. The predicted molar refractivity (Wildman–Crippen MR) is 69.0 cm³/mol. The standard InChI is InChI=1S/C13H26N2O2/c1-11(10-12(16)17-5)14-6-8-15(9-7-14)13(2,3)4/h11H,6-10H2,1-5H3. The van der Waals surface area contributed by atoms with Crippen molar-refractivity contribution in [2.75, 3.05) is 33.3 Å². The molecule has 0 spiro atoms. The lowest BCUT2D eigenvalue weighted by molar-refractivity contribution is -0.142. The van der Waals surface area contributed by atoms with Crippen LogP contribution in [0.2, 0.25) is 0 Å². The SMILES string of the molecule is COC(=O)CC(C)N1CCN(C(C)(C)C)CC1. The zero-order valence-electron chi connectivity index (χ0n) is 11.8. The Morgan fingerprint density at radius 3 is 2.18 bits per heavy atom. The van der Waals surface area contributed by atoms with E-state index in [1.54, 1.807) is 0 Å². The van der Waals surface area contributed by atoms with Crippen LogP contribution in [0.3, 0.4) is 0 Å². The molecule has 0 N–H and O–H groups in total. The first-order valence-electron chi connectivity index (χ1n) is 6.40. The molecule has 1 atom stereocenters. The molecule has 0 aromatic heterocycles. The average molecular weight is 242 g/mol. The van der Waals surface area contributed by atoms with Gasteiger partial charge in [-0.2, -0.15) is 0 Å². The first-order valence-corrected chi connectivity index (χ1v) is 6.40. The van der Waals surface area contributed by atoms with Crippen LogP contribution in [0.25, 0.3) is 0 Å². The summed E-state index contributed by atoms with van der Waals surface area (Å²) in [6, 6.07) is 0.282. The lowest BCUT2D eigenvalue weighted by Gasteiger charge is -2.43. The lowest BCUT2D eigenvalue weighted by atomic mass is 10.0. The van der Waals surface area contributed by atoms with Crippen LogP contribution in [-0.2, 0) is 9.53 Å². The zero-order valence-corrected chi connectivity index (χ0v) is 11.8. The number of esters is 1. The summed E-state index contributed by atoms with van der Waals surface area (Å²) in [6.07, 6.45) is 0.492. The molecular weight excluding hydrogens is 216 g/mol. The van der Waals surface area contributed by atoms with Crippen LogP contribution in [0.1, 0.15) is 34.1 Å². The van der Waals surface area contributed by atoms with E-state index in [4.69, 9.17) is 4.74 Å². The normalized spacial score (nSPS) is 21.2. The van der Waals surface area contributed by atoms with E-state index in [9.17, 15) is 4.79 Å². The highest BCUT2D eigenvalue weighted by molar-refractivity contribution is 5.69. The van der Waals surface area contributed by atoms with Gasteiger partial charge in [0.05, 0.1) is 13.5 Å². The molecule has 1 aliphatic rings. The molecule has 1 aliphatic heterocycles. The van der Waals surface area contributed by atoms with Crippen molar-refractivity contribution in [2.45, 2.75) is 45.7 Å². The van der Waals surface area contributed by atoms with Gasteiger partial charge >= 0.3 is 5.97 Å². The number of carbonyl (C=O) groups excluding carboxylic acids is 1. The Balaban J connectivity index is 2.39. The first kappa shape index (κ1) is 14.5. The van der Waals surface area contributed by atoms with E-state index in [0.29, 0.717) is 6.42 Å². The number of nitrogens with zero attached hydrogens (tertiary/aromatic N) is 2. The number of hydrogen-bond acceptors (Lipinski definition) is 4.